The SMILES string of the molecule is NC1=NCc2cc(NC(=O)C(=O)[C@H]3OCCN(c4cccc(N5CCOCC5=O)c4)C3=O)cc(C(F)(F)F)c21. The van der Waals surface area contributed by atoms with Crippen molar-refractivity contribution in [1.82, 2.24) is 0 Å². The predicted octanol–water partition coefficient (Wildman–Crippen LogP) is 1.23. The molecule has 0 saturated carbocycles. The molecule has 3 aliphatic heterocycles. The molecule has 204 valence electrons. The van der Waals surface area contributed by atoms with Gasteiger partial charge in [-0.2, -0.15) is 13.2 Å². The van der Waals surface area contributed by atoms with Gasteiger partial charge in [0.25, 0.3) is 23.5 Å². The fraction of sp³-hybridized carbons (Fsp3) is 0.320. The molecule has 0 aliphatic carbocycles. The molecule has 3 aliphatic rings. The van der Waals surface area contributed by atoms with Gasteiger partial charge in [0.2, 0.25) is 6.10 Å². The maximum atomic E-state index is 13.6. The van der Waals surface area contributed by atoms with E-state index in [2.05, 4.69) is 10.3 Å². The summed E-state index contributed by atoms with van der Waals surface area (Å²) < 4.78 is 51.3. The van der Waals surface area contributed by atoms with Crippen LogP contribution in [0.3, 0.4) is 0 Å². The number of halogens is 3. The third kappa shape index (κ3) is 5.07. The Bertz CT molecular complexity index is 1410. The van der Waals surface area contributed by atoms with Crippen molar-refractivity contribution in [3.8, 4) is 0 Å². The van der Waals surface area contributed by atoms with Crippen molar-refractivity contribution >= 4 is 46.4 Å². The number of alkyl halides is 3. The van der Waals surface area contributed by atoms with Crippen LogP contribution in [0.4, 0.5) is 30.2 Å². The number of hydrogen-bond acceptors (Lipinski definition) is 8. The zero-order chi connectivity index (χ0) is 27.9. The van der Waals surface area contributed by atoms with Crippen molar-refractivity contribution in [2.45, 2.75) is 18.8 Å². The first kappa shape index (κ1) is 26.3. The number of rotatable bonds is 5. The van der Waals surface area contributed by atoms with Gasteiger partial charge in [0.05, 0.1) is 25.3 Å². The van der Waals surface area contributed by atoms with Gasteiger partial charge < -0.3 is 30.3 Å². The fourth-order valence-corrected chi connectivity index (χ4v) is 4.64. The van der Waals surface area contributed by atoms with Crippen LogP contribution in [0.25, 0.3) is 0 Å². The Balaban J connectivity index is 1.33. The van der Waals surface area contributed by atoms with Crippen molar-refractivity contribution in [1.29, 1.82) is 0 Å². The molecule has 0 bridgehead atoms. The fourth-order valence-electron chi connectivity index (χ4n) is 4.64. The summed E-state index contributed by atoms with van der Waals surface area (Å²) in [4.78, 5) is 57.6. The minimum absolute atomic E-state index is 0.0680. The Kier molecular flexibility index (Phi) is 6.82. The number of nitrogens with one attached hydrogen (secondary N) is 1. The summed E-state index contributed by atoms with van der Waals surface area (Å²) in [6, 6.07) is 8.45. The summed E-state index contributed by atoms with van der Waals surface area (Å²) in [7, 11) is 0. The summed E-state index contributed by atoms with van der Waals surface area (Å²) in [6.07, 6.45) is -6.59. The molecule has 5 rings (SSSR count). The first-order chi connectivity index (χ1) is 18.5. The number of benzene rings is 2. The second kappa shape index (κ2) is 10.1. The van der Waals surface area contributed by atoms with Gasteiger partial charge in [-0.25, -0.2) is 0 Å². The van der Waals surface area contributed by atoms with Gasteiger partial charge >= 0.3 is 6.18 Å². The minimum Gasteiger partial charge on any atom is -0.383 e. The van der Waals surface area contributed by atoms with Crippen LogP contribution >= 0.6 is 0 Å². The van der Waals surface area contributed by atoms with Gasteiger partial charge in [-0.3, -0.25) is 24.2 Å². The van der Waals surface area contributed by atoms with E-state index in [9.17, 15) is 32.3 Å². The van der Waals surface area contributed by atoms with Crippen molar-refractivity contribution < 1.29 is 41.8 Å². The van der Waals surface area contributed by atoms with Crippen molar-refractivity contribution in [3.05, 3.63) is 53.1 Å². The van der Waals surface area contributed by atoms with Crippen LogP contribution in [-0.2, 0) is 41.4 Å². The molecule has 3 amide bonds. The Labute approximate surface area is 219 Å². The third-order valence-corrected chi connectivity index (χ3v) is 6.45. The van der Waals surface area contributed by atoms with E-state index < -0.39 is 35.4 Å². The molecular formula is C25H22F3N5O6. The molecule has 0 radical (unpaired) electrons. The van der Waals surface area contributed by atoms with Crippen LogP contribution < -0.4 is 20.9 Å². The minimum atomic E-state index is -4.79. The second-order valence-electron chi connectivity index (χ2n) is 8.93. The summed E-state index contributed by atoms with van der Waals surface area (Å²) in [5.41, 5.74) is 4.98. The first-order valence-electron chi connectivity index (χ1n) is 11.9. The average molecular weight is 545 g/mol. The summed E-state index contributed by atoms with van der Waals surface area (Å²) >= 11 is 0. The molecule has 14 heteroatoms. The van der Waals surface area contributed by atoms with E-state index in [1.807, 2.05) is 0 Å². The topological polar surface area (TPSA) is 144 Å². The van der Waals surface area contributed by atoms with E-state index >= 15 is 0 Å². The molecule has 0 spiro atoms. The van der Waals surface area contributed by atoms with E-state index in [1.54, 1.807) is 24.3 Å². The number of fused-ring (bicyclic) bond motifs is 1. The Morgan fingerprint density at radius 3 is 2.49 bits per heavy atom. The van der Waals surface area contributed by atoms with Crippen molar-refractivity contribution in [2.75, 3.05) is 48.0 Å². The van der Waals surface area contributed by atoms with Gasteiger partial charge in [0.1, 0.15) is 12.4 Å². The Morgan fingerprint density at radius 2 is 1.77 bits per heavy atom. The van der Waals surface area contributed by atoms with E-state index in [0.29, 0.717) is 30.6 Å². The highest BCUT2D eigenvalue weighted by Gasteiger charge is 2.41. The average Bonchev–Trinajstić information content (AvgIpc) is 3.28. The highest BCUT2D eigenvalue weighted by atomic mass is 19.4. The van der Waals surface area contributed by atoms with Gasteiger partial charge in [-0.05, 0) is 35.9 Å². The van der Waals surface area contributed by atoms with Gasteiger partial charge in [-0.1, -0.05) is 6.07 Å². The number of carbonyl (C=O) groups is 4. The number of amides is 3. The number of nitrogens with two attached hydrogens (primary N) is 1. The molecule has 3 heterocycles. The number of hydrogen-bond donors (Lipinski definition) is 2. The van der Waals surface area contributed by atoms with Crippen molar-refractivity contribution in [2.24, 2.45) is 10.7 Å². The van der Waals surface area contributed by atoms with E-state index in [0.717, 1.165) is 0 Å². The zero-order valence-corrected chi connectivity index (χ0v) is 20.3. The first-order valence-corrected chi connectivity index (χ1v) is 11.9. The van der Waals surface area contributed by atoms with Crippen LogP contribution in [0, 0.1) is 0 Å². The molecule has 11 nitrogen and oxygen atoms in total. The highest BCUT2D eigenvalue weighted by Crippen LogP contribution is 2.37. The smallest absolute Gasteiger partial charge is 0.383 e. The van der Waals surface area contributed by atoms with E-state index in [4.69, 9.17) is 15.2 Å². The molecule has 0 aromatic heterocycles. The van der Waals surface area contributed by atoms with Crippen molar-refractivity contribution in [3.63, 3.8) is 0 Å². The maximum absolute atomic E-state index is 13.6. The van der Waals surface area contributed by atoms with Crippen LogP contribution in [0.2, 0.25) is 0 Å². The number of amidine groups is 1. The number of aliphatic imine (C=N–C) groups is 1. The van der Waals surface area contributed by atoms with Crippen LogP contribution in [0.1, 0.15) is 16.7 Å². The van der Waals surface area contributed by atoms with E-state index in [-0.39, 0.29) is 54.9 Å². The molecule has 2 aromatic rings. The van der Waals surface area contributed by atoms with Crippen LogP contribution in [0.5, 0.6) is 0 Å². The lowest BCUT2D eigenvalue weighted by Gasteiger charge is -2.33. The maximum Gasteiger partial charge on any atom is 0.417 e. The number of anilines is 3. The molecule has 2 fully saturated rings. The van der Waals surface area contributed by atoms with E-state index in [1.165, 1.54) is 15.9 Å². The lowest BCUT2D eigenvalue weighted by atomic mass is 10.00. The molecule has 2 saturated heterocycles. The lowest BCUT2D eigenvalue weighted by molar-refractivity contribution is -0.150. The quantitative estimate of drug-likeness (QED) is 0.425. The number of ether oxygens (including phenoxy) is 2. The number of Topliss-reactive ketones (excluding diaryl/α,β-unsaturated/α-hetero) is 1. The number of morpholine rings is 2. The number of carbonyl (C=O) groups excluding carboxylic acids is 4. The largest absolute Gasteiger partial charge is 0.417 e. The standard InChI is InChI=1S/C25H22F3N5O6/c26-25(27,28)17-9-14(8-13-11-30-22(29)19(13)17)31-23(36)20(35)21-24(37)33(5-7-39-21)16-3-1-2-15(10-16)32-4-6-38-12-18(32)34/h1-3,8-10,21H,4-7,11-12H2,(H2,29,30)(H,31,36)/t21-/m1/s1. The normalized spacial score (nSPS) is 19.6. The van der Waals surface area contributed by atoms with Crippen LogP contribution in [0.15, 0.2) is 41.4 Å². The predicted molar refractivity (Wildman–Crippen MR) is 131 cm³/mol. The number of nitrogens with zero attached hydrogens (tertiary/aromatic N) is 3. The Morgan fingerprint density at radius 1 is 1.05 bits per heavy atom. The molecule has 0 unspecified atom stereocenters. The lowest BCUT2D eigenvalue weighted by Crippen LogP contribution is -2.53. The third-order valence-electron chi connectivity index (χ3n) is 6.45. The Hall–Kier alpha value is -4.30. The summed E-state index contributed by atoms with van der Waals surface area (Å²) in [6.45, 7) is 0.499. The molecule has 39 heavy (non-hydrogen) atoms. The molecule has 2 aromatic carbocycles. The number of ketones is 1. The summed E-state index contributed by atoms with van der Waals surface area (Å²) in [5.74, 6) is -3.92. The van der Waals surface area contributed by atoms with Crippen LogP contribution in [-0.4, -0.2) is 68.4 Å². The zero-order valence-electron chi connectivity index (χ0n) is 20.3. The molecular weight excluding hydrogens is 523 g/mol. The van der Waals surface area contributed by atoms with Gasteiger partial charge in [0.15, 0.2) is 0 Å². The molecule has 1 atom stereocenters. The molecule has 3 N–H and O–H groups in total. The monoisotopic (exact) mass is 545 g/mol. The second-order valence-corrected chi connectivity index (χ2v) is 8.93. The van der Waals surface area contributed by atoms with Gasteiger partial charge in [0, 0.05) is 35.7 Å². The van der Waals surface area contributed by atoms with Gasteiger partial charge in [-0.15, -0.1) is 0 Å². The summed E-state index contributed by atoms with van der Waals surface area (Å²) in [5, 5.41) is 2.14. The highest BCUT2D eigenvalue weighted by molar-refractivity contribution is 6.46.